The van der Waals surface area contributed by atoms with Crippen molar-refractivity contribution in [3.63, 3.8) is 0 Å². The third kappa shape index (κ3) is 4.51. The second-order valence-electron chi connectivity index (χ2n) is 5.65. The number of nitrogens with zero attached hydrogens (tertiary/aromatic N) is 1. The lowest BCUT2D eigenvalue weighted by atomic mass is 9.91. The molecule has 0 aliphatic carbocycles. The van der Waals surface area contributed by atoms with Crippen LogP contribution in [-0.4, -0.2) is 41.7 Å². The van der Waals surface area contributed by atoms with Crippen LogP contribution in [0.1, 0.15) is 25.3 Å². The highest BCUT2D eigenvalue weighted by molar-refractivity contribution is 5.92. The maximum atomic E-state index is 12.4. The molecule has 1 aromatic carbocycles. The van der Waals surface area contributed by atoms with Gasteiger partial charge in [0.1, 0.15) is 5.75 Å². The minimum atomic E-state index is -2.91. The minimum Gasteiger partial charge on any atom is -0.434 e. The van der Waals surface area contributed by atoms with E-state index in [2.05, 4.69) is 4.74 Å². The van der Waals surface area contributed by atoms with Crippen molar-refractivity contribution in [2.24, 2.45) is 5.92 Å². The second kappa shape index (κ2) is 8.06. The van der Waals surface area contributed by atoms with E-state index < -0.39 is 6.61 Å². The molecule has 4 nitrogen and oxygen atoms in total. The molecule has 6 heteroatoms. The fourth-order valence-electron chi connectivity index (χ4n) is 2.88. The van der Waals surface area contributed by atoms with Crippen LogP contribution >= 0.6 is 0 Å². The van der Waals surface area contributed by atoms with Gasteiger partial charge in [0.05, 0.1) is 12.6 Å². The van der Waals surface area contributed by atoms with Gasteiger partial charge in [-0.05, 0) is 30.9 Å². The number of ether oxygens (including phenoxy) is 1. The molecule has 1 amide bonds. The minimum absolute atomic E-state index is 0.0253. The third-order valence-electron chi connectivity index (χ3n) is 4.13. The maximum absolute atomic E-state index is 12.4. The van der Waals surface area contributed by atoms with Crippen LogP contribution in [0.4, 0.5) is 8.78 Å². The Morgan fingerprint density at radius 3 is 2.91 bits per heavy atom. The van der Waals surface area contributed by atoms with Gasteiger partial charge in [-0.3, -0.25) is 4.79 Å². The average molecular weight is 325 g/mol. The first-order valence-electron chi connectivity index (χ1n) is 7.66. The van der Waals surface area contributed by atoms with Crippen molar-refractivity contribution in [3.05, 3.63) is 35.9 Å². The molecule has 1 saturated heterocycles. The van der Waals surface area contributed by atoms with E-state index in [1.165, 1.54) is 18.2 Å². The number of alkyl halides is 2. The van der Waals surface area contributed by atoms with E-state index in [9.17, 15) is 18.7 Å². The fraction of sp³-hybridized carbons (Fsp3) is 0.471. The molecule has 2 atom stereocenters. The first kappa shape index (κ1) is 17.4. The van der Waals surface area contributed by atoms with E-state index in [1.54, 1.807) is 23.1 Å². The number of aliphatic hydroxyl groups is 1. The highest BCUT2D eigenvalue weighted by atomic mass is 19.3. The van der Waals surface area contributed by atoms with E-state index in [-0.39, 0.29) is 30.2 Å². The highest BCUT2D eigenvalue weighted by Crippen LogP contribution is 2.24. The zero-order valence-electron chi connectivity index (χ0n) is 13.0. The van der Waals surface area contributed by atoms with E-state index in [1.807, 2.05) is 6.92 Å². The summed E-state index contributed by atoms with van der Waals surface area (Å²) in [6, 6.07) is 6.10. The first-order valence-corrected chi connectivity index (χ1v) is 7.66. The Morgan fingerprint density at radius 1 is 1.48 bits per heavy atom. The largest absolute Gasteiger partial charge is 0.434 e. The zero-order chi connectivity index (χ0) is 16.8. The summed E-state index contributed by atoms with van der Waals surface area (Å²) in [6.07, 6.45) is 4.67. The van der Waals surface area contributed by atoms with E-state index in [0.29, 0.717) is 12.1 Å². The summed E-state index contributed by atoms with van der Waals surface area (Å²) in [5.74, 6) is 0.0280. The number of likely N-dealkylation sites (tertiary alicyclic amines) is 1. The number of halogens is 2. The van der Waals surface area contributed by atoms with E-state index in [4.69, 9.17) is 0 Å². The van der Waals surface area contributed by atoms with Crippen molar-refractivity contribution < 1.29 is 23.4 Å². The lowest BCUT2D eigenvalue weighted by Gasteiger charge is -2.38. The van der Waals surface area contributed by atoms with Gasteiger partial charge in [-0.15, -0.1) is 0 Å². The van der Waals surface area contributed by atoms with Crippen LogP contribution in [0.2, 0.25) is 0 Å². The van der Waals surface area contributed by atoms with Crippen molar-refractivity contribution in [2.45, 2.75) is 32.4 Å². The molecule has 1 aromatic rings. The quantitative estimate of drug-likeness (QED) is 0.847. The molecule has 2 unspecified atom stereocenters. The lowest BCUT2D eigenvalue weighted by molar-refractivity contribution is -0.132. The molecule has 0 aromatic heterocycles. The number of benzene rings is 1. The molecule has 2 rings (SSSR count). The number of para-hydroxylation sites is 1. The molecule has 0 spiro atoms. The number of aliphatic hydroxyl groups excluding tert-OH is 1. The van der Waals surface area contributed by atoms with Crippen molar-refractivity contribution >= 4 is 12.0 Å². The molecule has 1 fully saturated rings. The van der Waals surface area contributed by atoms with Crippen LogP contribution in [-0.2, 0) is 4.79 Å². The number of carbonyl (C=O) groups excluding carboxylic acids is 1. The molecule has 0 bridgehead atoms. The van der Waals surface area contributed by atoms with Crippen molar-refractivity contribution in [1.82, 2.24) is 4.90 Å². The summed E-state index contributed by atoms with van der Waals surface area (Å²) in [5.41, 5.74) is 0.409. The Hall–Kier alpha value is -1.95. The topological polar surface area (TPSA) is 49.8 Å². The number of carbonyl (C=O) groups is 1. The fourth-order valence-corrected chi connectivity index (χ4v) is 2.88. The molecule has 1 aliphatic rings. The zero-order valence-corrected chi connectivity index (χ0v) is 13.0. The molecular formula is C17H21F2NO3. The standard InChI is InChI=1S/C17H21F2NO3/c1-12-5-4-10-20(14(12)11-21)16(22)9-8-13-6-2-3-7-15(13)23-17(18)19/h2-3,6-9,12,14,17,21H,4-5,10-11H2,1H3/b9-8+. The van der Waals surface area contributed by atoms with Crippen LogP contribution < -0.4 is 4.74 Å². The number of rotatable bonds is 5. The Bertz CT molecular complexity index is 563. The van der Waals surface area contributed by atoms with Gasteiger partial charge in [-0.25, -0.2) is 0 Å². The Kier molecular flexibility index (Phi) is 6.10. The van der Waals surface area contributed by atoms with Gasteiger partial charge < -0.3 is 14.7 Å². The van der Waals surface area contributed by atoms with Gasteiger partial charge in [0.2, 0.25) is 5.91 Å². The average Bonchev–Trinajstić information content (AvgIpc) is 2.53. The first-order chi connectivity index (χ1) is 11.0. The van der Waals surface area contributed by atoms with E-state index in [0.717, 1.165) is 12.8 Å². The Morgan fingerprint density at radius 2 is 2.22 bits per heavy atom. The second-order valence-corrected chi connectivity index (χ2v) is 5.65. The van der Waals surface area contributed by atoms with Gasteiger partial charge in [0.25, 0.3) is 0 Å². The normalized spacial score (nSPS) is 21.9. The van der Waals surface area contributed by atoms with E-state index >= 15 is 0 Å². The summed E-state index contributed by atoms with van der Waals surface area (Å²) in [5, 5.41) is 9.49. The van der Waals surface area contributed by atoms with Crippen molar-refractivity contribution in [1.29, 1.82) is 0 Å². The number of hydrogen-bond acceptors (Lipinski definition) is 3. The van der Waals surface area contributed by atoms with Gasteiger partial charge in [0, 0.05) is 18.2 Å². The van der Waals surface area contributed by atoms with Crippen LogP contribution in [0.15, 0.2) is 30.3 Å². The predicted molar refractivity (Wildman–Crippen MR) is 83.1 cm³/mol. The summed E-state index contributed by atoms with van der Waals surface area (Å²) in [4.78, 5) is 14.0. The summed E-state index contributed by atoms with van der Waals surface area (Å²) in [7, 11) is 0. The summed E-state index contributed by atoms with van der Waals surface area (Å²) >= 11 is 0. The SMILES string of the molecule is CC1CCCN(C(=O)/C=C/c2ccccc2OC(F)F)C1CO. The lowest BCUT2D eigenvalue weighted by Crippen LogP contribution is -2.49. The molecule has 23 heavy (non-hydrogen) atoms. The summed E-state index contributed by atoms with van der Waals surface area (Å²) < 4.78 is 29.2. The van der Waals surface area contributed by atoms with Gasteiger partial charge in [-0.2, -0.15) is 8.78 Å². The number of amides is 1. The maximum Gasteiger partial charge on any atom is 0.387 e. The molecule has 1 aliphatic heterocycles. The molecule has 0 radical (unpaired) electrons. The van der Waals surface area contributed by atoms with Crippen LogP contribution in [0.25, 0.3) is 6.08 Å². The highest BCUT2D eigenvalue weighted by Gasteiger charge is 2.30. The smallest absolute Gasteiger partial charge is 0.387 e. The Labute approximate surface area is 134 Å². The number of hydrogen-bond donors (Lipinski definition) is 1. The third-order valence-corrected chi connectivity index (χ3v) is 4.13. The monoisotopic (exact) mass is 325 g/mol. The van der Waals surface area contributed by atoms with Gasteiger partial charge in [0.15, 0.2) is 0 Å². The van der Waals surface area contributed by atoms with Crippen molar-refractivity contribution in [2.75, 3.05) is 13.2 Å². The molecule has 1 N–H and O–H groups in total. The Balaban J connectivity index is 2.12. The van der Waals surface area contributed by atoms with Gasteiger partial charge >= 0.3 is 6.61 Å². The van der Waals surface area contributed by atoms with Crippen molar-refractivity contribution in [3.8, 4) is 5.75 Å². The molecular weight excluding hydrogens is 304 g/mol. The number of piperidine rings is 1. The summed E-state index contributed by atoms with van der Waals surface area (Å²) in [6.45, 7) is -0.391. The van der Waals surface area contributed by atoms with Crippen LogP contribution in [0.5, 0.6) is 5.75 Å². The van der Waals surface area contributed by atoms with Crippen LogP contribution in [0, 0.1) is 5.92 Å². The molecule has 1 heterocycles. The molecule has 0 saturated carbocycles. The van der Waals surface area contributed by atoms with Crippen LogP contribution in [0.3, 0.4) is 0 Å². The predicted octanol–water partition coefficient (Wildman–Crippen LogP) is 2.92. The van der Waals surface area contributed by atoms with Gasteiger partial charge in [-0.1, -0.05) is 25.1 Å². The molecule has 126 valence electrons.